The number of aromatic amines is 1. The molecule has 2 heterocycles. The molecule has 1 aliphatic rings. The second kappa shape index (κ2) is 4.67. The first-order chi connectivity index (χ1) is 9.52. The molecular formula is C15H16N2O3. The number of nitrogens with zero attached hydrogens (tertiary/aromatic N) is 1. The van der Waals surface area contributed by atoms with Crippen molar-refractivity contribution < 1.29 is 4.74 Å². The molecule has 0 saturated carbocycles. The molecular weight excluding hydrogens is 256 g/mol. The van der Waals surface area contributed by atoms with Crippen LogP contribution in [0.3, 0.4) is 0 Å². The Hall–Kier alpha value is -2.30. The molecule has 2 aromatic rings. The molecule has 0 spiro atoms. The van der Waals surface area contributed by atoms with Crippen molar-refractivity contribution in [3.8, 4) is 5.75 Å². The molecule has 1 N–H and O–H groups in total. The summed E-state index contributed by atoms with van der Waals surface area (Å²) >= 11 is 0. The van der Waals surface area contributed by atoms with Gasteiger partial charge in [-0.1, -0.05) is 17.7 Å². The van der Waals surface area contributed by atoms with Crippen molar-refractivity contribution in [2.75, 3.05) is 0 Å². The van der Waals surface area contributed by atoms with Gasteiger partial charge in [-0.15, -0.1) is 0 Å². The maximum absolute atomic E-state index is 11.8. The number of nitrogens with one attached hydrogen (secondary N) is 1. The van der Waals surface area contributed by atoms with Gasteiger partial charge in [-0.3, -0.25) is 14.3 Å². The third kappa shape index (κ3) is 2.27. The van der Waals surface area contributed by atoms with Crippen LogP contribution < -0.4 is 16.0 Å². The van der Waals surface area contributed by atoms with Gasteiger partial charge in [0.2, 0.25) is 0 Å². The zero-order valence-electron chi connectivity index (χ0n) is 11.5. The van der Waals surface area contributed by atoms with Crippen LogP contribution >= 0.6 is 0 Å². The van der Waals surface area contributed by atoms with Crippen LogP contribution in [0.5, 0.6) is 5.75 Å². The van der Waals surface area contributed by atoms with Crippen LogP contribution in [0.15, 0.2) is 34.0 Å². The molecule has 0 aliphatic carbocycles. The van der Waals surface area contributed by atoms with Crippen molar-refractivity contribution in [3.63, 3.8) is 0 Å². The number of aromatic nitrogens is 2. The Bertz CT molecular complexity index is 773. The van der Waals surface area contributed by atoms with Crippen molar-refractivity contribution in [2.45, 2.75) is 32.9 Å². The molecule has 1 aliphatic heterocycles. The van der Waals surface area contributed by atoms with Crippen LogP contribution in [-0.4, -0.2) is 15.7 Å². The van der Waals surface area contributed by atoms with E-state index in [1.807, 2.05) is 19.1 Å². The number of benzene rings is 1. The molecule has 5 heteroatoms. The normalized spacial score (nSPS) is 16.8. The lowest BCUT2D eigenvalue weighted by molar-refractivity contribution is 0.206. The summed E-state index contributed by atoms with van der Waals surface area (Å²) in [7, 11) is 0. The van der Waals surface area contributed by atoms with E-state index in [0.29, 0.717) is 12.1 Å². The molecule has 0 fully saturated rings. The van der Waals surface area contributed by atoms with Gasteiger partial charge < -0.3 is 4.74 Å². The second-order valence-corrected chi connectivity index (χ2v) is 5.28. The van der Waals surface area contributed by atoms with E-state index in [-0.39, 0.29) is 11.7 Å². The minimum atomic E-state index is -0.392. The summed E-state index contributed by atoms with van der Waals surface area (Å²) in [4.78, 5) is 25.4. The number of aryl methyl sites for hydroxylation is 2. The van der Waals surface area contributed by atoms with E-state index in [2.05, 4.69) is 11.1 Å². The van der Waals surface area contributed by atoms with E-state index in [9.17, 15) is 9.59 Å². The summed E-state index contributed by atoms with van der Waals surface area (Å²) in [5.74, 6) is 0.884. The van der Waals surface area contributed by atoms with Crippen LogP contribution in [0.2, 0.25) is 0 Å². The van der Waals surface area contributed by atoms with Gasteiger partial charge in [-0.2, -0.15) is 0 Å². The third-order valence-corrected chi connectivity index (χ3v) is 3.55. The first kappa shape index (κ1) is 12.7. The van der Waals surface area contributed by atoms with Crippen LogP contribution in [-0.2, 0) is 13.0 Å². The molecule has 0 radical (unpaired) electrons. The molecule has 1 unspecified atom stereocenters. The van der Waals surface area contributed by atoms with Gasteiger partial charge in [0.25, 0.3) is 5.56 Å². The SMILES string of the molecule is Cc1ccc2c(c1)CC(Cn1cc(C)c(=O)[nH]c1=O)O2. The molecule has 0 saturated heterocycles. The van der Waals surface area contributed by atoms with E-state index >= 15 is 0 Å². The van der Waals surface area contributed by atoms with Crippen molar-refractivity contribution in [2.24, 2.45) is 0 Å². The highest BCUT2D eigenvalue weighted by Crippen LogP contribution is 2.29. The zero-order chi connectivity index (χ0) is 14.3. The summed E-state index contributed by atoms with van der Waals surface area (Å²) < 4.78 is 7.34. The minimum absolute atomic E-state index is 0.0743. The monoisotopic (exact) mass is 272 g/mol. The molecule has 1 aromatic heterocycles. The Morgan fingerprint density at radius 1 is 1.35 bits per heavy atom. The average molecular weight is 272 g/mol. The fourth-order valence-corrected chi connectivity index (χ4v) is 2.52. The lowest BCUT2D eigenvalue weighted by Gasteiger charge is -2.12. The molecule has 20 heavy (non-hydrogen) atoms. The van der Waals surface area contributed by atoms with Crippen LogP contribution in [0.1, 0.15) is 16.7 Å². The number of ether oxygens (including phenoxy) is 1. The first-order valence-electron chi connectivity index (χ1n) is 6.59. The average Bonchev–Trinajstić information content (AvgIpc) is 2.77. The van der Waals surface area contributed by atoms with E-state index in [4.69, 9.17) is 4.74 Å². The Morgan fingerprint density at radius 3 is 2.95 bits per heavy atom. The summed E-state index contributed by atoms with van der Waals surface area (Å²) in [5, 5.41) is 0. The van der Waals surface area contributed by atoms with Crippen LogP contribution in [0, 0.1) is 13.8 Å². The van der Waals surface area contributed by atoms with Crippen molar-refractivity contribution in [1.82, 2.24) is 9.55 Å². The predicted molar refractivity (Wildman–Crippen MR) is 75.4 cm³/mol. The molecule has 3 rings (SSSR count). The van der Waals surface area contributed by atoms with Crippen molar-refractivity contribution in [1.29, 1.82) is 0 Å². The maximum atomic E-state index is 11.8. The van der Waals surface area contributed by atoms with E-state index in [1.54, 1.807) is 13.1 Å². The van der Waals surface area contributed by atoms with Crippen LogP contribution in [0.4, 0.5) is 0 Å². The standard InChI is InChI=1S/C15H16N2O3/c1-9-3-4-13-11(5-9)6-12(20-13)8-17-7-10(2)14(18)16-15(17)19/h3-5,7,12H,6,8H2,1-2H3,(H,16,18,19). The molecule has 1 aromatic carbocycles. The van der Waals surface area contributed by atoms with Gasteiger partial charge in [0.15, 0.2) is 0 Å². The third-order valence-electron chi connectivity index (χ3n) is 3.55. The molecule has 0 amide bonds. The highest BCUT2D eigenvalue weighted by molar-refractivity contribution is 5.40. The summed E-state index contributed by atoms with van der Waals surface area (Å²) in [6, 6.07) is 6.08. The number of rotatable bonds is 2. The Balaban J connectivity index is 1.83. The van der Waals surface area contributed by atoms with Gasteiger partial charge in [-0.05, 0) is 25.5 Å². The summed E-state index contributed by atoms with van der Waals surface area (Å²) in [6.45, 7) is 4.16. The molecule has 104 valence electrons. The topological polar surface area (TPSA) is 64.1 Å². The first-order valence-corrected chi connectivity index (χ1v) is 6.59. The predicted octanol–water partition coefficient (Wildman–Crippen LogP) is 1.16. The van der Waals surface area contributed by atoms with Crippen molar-refractivity contribution >= 4 is 0 Å². The molecule has 0 bridgehead atoms. The van der Waals surface area contributed by atoms with Gasteiger partial charge >= 0.3 is 5.69 Å². The molecule has 1 atom stereocenters. The van der Waals surface area contributed by atoms with Crippen LogP contribution in [0.25, 0.3) is 0 Å². The Kier molecular flexibility index (Phi) is 2.97. The van der Waals surface area contributed by atoms with Gasteiger partial charge in [-0.25, -0.2) is 4.79 Å². The fourth-order valence-electron chi connectivity index (χ4n) is 2.52. The lowest BCUT2D eigenvalue weighted by Crippen LogP contribution is -2.35. The van der Waals surface area contributed by atoms with E-state index < -0.39 is 5.69 Å². The lowest BCUT2D eigenvalue weighted by atomic mass is 10.1. The Morgan fingerprint density at radius 2 is 2.15 bits per heavy atom. The number of H-pyrrole nitrogens is 1. The van der Waals surface area contributed by atoms with Crippen molar-refractivity contribution in [3.05, 3.63) is 61.9 Å². The largest absolute Gasteiger partial charge is 0.488 e. The highest BCUT2D eigenvalue weighted by Gasteiger charge is 2.23. The highest BCUT2D eigenvalue weighted by atomic mass is 16.5. The minimum Gasteiger partial charge on any atom is -0.488 e. The summed E-state index contributed by atoms with van der Waals surface area (Å²) in [6.07, 6.45) is 2.29. The van der Waals surface area contributed by atoms with Gasteiger partial charge in [0.05, 0.1) is 6.54 Å². The smallest absolute Gasteiger partial charge is 0.328 e. The summed E-state index contributed by atoms with van der Waals surface area (Å²) in [5.41, 5.74) is 2.17. The quantitative estimate of drug-likeness (QED) is 0.892. The Labute approximate surface area is 115 Å². The molecule has 5 nitrogen and oxygen atoms in total. The zero-order valence-corrected chi connectivity index (χ0v) is 11.5. The van der Waals surface area contributed by atoms with Gasteiger partial charge in [0, 0.05) is 18.2 Å². The van der Waals surface area contributed by atoms with Gasteiger partial charge in [0.1, 0.15) is 11.9 Å². The number of hydrogen-bond donors (Lipinski definition) is 1. The fraction of sp³-hybridized carbons (Fsp3) is 0.333. The maximum Gasteiger partial charge on any atom is 0.328 e. The number of fused-ring (bicyclic) bond motifs is 1. The van der Waals surface area contributed by atoms with E-state index in [1.165, 1.54) is 15.7 Å². The van der Waals surface area contributed by atoms with E-state index in [0.717, 1.165) is 12.2 Å². The second-order valence-electron chi connectivity index (χ2n) is 5.28. The number of hydrogen-bond acceptors (Lipinski definition) is 3.